The summed E-state index contributed by atoms with van der Waals surface area (Å²) < 4.78 is 13.8. The Bertz CT molecular complexity index is 1150. The van der Waals surface area contributed by atoms with Crippen LogP contribution in [0.2, 0.25) is 0 Å². The van der Waals surface area contributed by atoms with Crippen LogP contribution in [0.5, 0.6) is 11.5 Å². The summed E-state index contributed by atoms with van der Waals surface area (Å²) in [5.74, 6) is 1.46. The number of carbonyl (C=O) groups excluding carboxylic acids is 1. The first-order valence-corrected chi connectivity index (χ1v) is 12.4. The van der Waals surface area contributed by atoms with Crippen molar-refractivity contribution >= 4 is 5.91 Å². The second kappa shape index (κ2) is 11.6. The molecule has 2 heterocycles. The van der Waals surface area contributed by atoms with E-state index in [-0.39, 0.29) is 19.1 Å². The van der Waals surface area contributed by atoms with E-state index in [1.807, 2.05) is 73.4 Å². The maximum absolute atomic E-state index is 12.2. The molecule has 1 atom stereocenters. The van der Waals surface area contributed by atoms with Crippen molar-refractivity contribution in [2.75, 3.05) is 39.4 Å². The Morgan fingerprint density at radius 1 is 1.03 bits per heavy atom. The highest BCUT2D eigenvalue weighted by Gasteiger charge is 2.36. The van der Waals surface area contributed by atoms with Gasteiger partial charge in [-0.05, 0) is 49.2 Å². The fourth-order valence-corrected chi connectivity index (χ4v) is 4.43. The van der Waals surface area contributed by atoms with Crippen LogP contribution >= 0.6 is 0 Å². The molecule has 36 heavy (non-hydrogen) atoms. The fraction of sp³-hybridized carbons (Fsp3) is 0.429. The van der Waals surface area contributed by atoms with E-state index in [4.69, 9.17) is 9.47 Å². The van der Waals surface area contributed by atoms with Gasteiger partial charge in [0.05, 0.1) is 19.3 Å². The molecule has 1 N–H and O–H groups in total. The van der Waals surface area contributed by atoms with Crippen LogP contribution in [-0.2, 0) is 17.9 Å². The Balaban J connectivity index is 1.38. The van der Waals surface area contributed by atoms with Crippen LogP contribution in [0.3, 0.4) is 0 Å². The van der Waals surface area contributed by atoms with Crippen molar-refractivity contribution in [3.05, 3.63) is 77.6 Å². The van der Waals surface area contributed by atoms with Gasteiger partial charge in [0, 0.05) is 39.3 Å². The SMILES string of the molecule is CC(=O)N1CCN(Cc2cccc(OCCn3cc(C)cn3)c2)C[C@](O)(COc2ccc(C)cc2)C1. The Morgan fingerprint density at radius 2 is 1.83 bits per heavy atom. The van der Waals surface area contributed by atoms with Gasteiger partial charge in [-0.3, -0.25) is 14.4 Å². The molecule has 0 aliphatic carbocycles. The van der Waals surface area contributed by atoms with Crippen molar-refractivity contribution < 1.29 is 19.4 Å². The minimum absolute atomic E-state index is 0.0478. The number of aromatic nitrogens is 2. The molecule has 1 saturated heterocycles. The summed E-state index contributed by atoms with van der Waals surface area (Å²) in [5, 5.41) is 15.8. The van der Waals surface area contributed by atoms with Crippen LogP contribution in [0.4, 0.5) is 0 Å². The lowest BCUT2D eigenvalue weighted by atomic mass is 10.0. The Hall–Kier alpha value is -3.36. The number of carbonyl (C=O) groups is 1. The number of benzene rings is 2. The average Bonchev–Trinajstić information content (AvgIpc) is 3.18. The molecule has 4 rings (SSSR count). The van der Waals surface area contributed by atoms with E-state index in [0.29, 0.717) is 45.1 Å². The summed E-state index contributed by atoms with van der Waals surface area (Å²) in [6.07, 6.45) is 3.83. The van der Waals surface area contributed by atoms with E-state index in [2.05, 4.69) is 16.1 Å². The summed E-state index contributed by atoms with van der Waals surface area (Å²) in [5.41, 5.74) is 2.16. The first-order chi connectivity index (χ1) is 17.3. The molecule has 0 bridgehead atoms. The van der Waals surface area contributed by atoms with Crippen LogP contribution < -0.4 is 9.47 Å². The summed E-state index contributed by atoms with van der Waals surface area (Å²) in [4.78, 5) is 16.1. The Morgan fingerprint density at radius 3 is 2.56 bits per heavy atom. The van der Waals surface area contributed by atoms with Gasteiger partial charge in [-0.15, -0.1) is 0 Å². The van der Waals surface area contributed by atoms with Crippen molar-refractivity contribution in [3.63, 3.8) is 0 Å². The molecule has 1 amide bonds. The zero-order valence-corrected chi connectivity index (χ0v) is 21.4. The molecule has 1 aliphatic heterocycles. The number of ether oxygens (including phenoxy) is 2. The number of rotatable bonds is 9. The van der Waals surface area contributed by atoms with Gasteiger partial charge in [-0.1, -0.05) is 29.8 Å². The van der Waals surface area contributed by atoms with E-state index in [0.717, 1.165) is 22.4 Å². The highest BCUT2D eigenvalue weighted by molar-refractivity contribution is 5.73. The van der Waals surface area contributed by atoms with E-state index in [9.17, 15) is 9.90 Å². The van der Waals surface area contributed by atoms with Gasteiger partial charge in [0.25, 0.3) is 0 Å². The molecular weight excluding hydrogens is 456 g/mol. The van der Waals surface area contributed by atoms with Crippen LogP contribution in [0.25, 0.3) is 0 Å². The van der Waals surface area contributed by atoms with E-state index in [1.54, 1.807) is 11.8 Å². The predicted molar refractivity (Wildman–Crippen MR) is 138 cm³/mol. The molecule has 0 spiro atoms. The molecule has 2 aromatic carbocycles. The highest BCUT2D eigenvalue weighted by Crippen LogP contribution is 2.21. The second-order valence-electron chi connectivity index (χ2n) is 9.75. The lowest BCUT2D eigenvalue weighted by molar-refractivity contribution is -0.132. The molecule has 3 aromatic rings. The third kappa shape index (κ3) is 7.32. The zero-order valence-electron chi connectivity index (χ0n) is 21.4. The first kappa shape index (κ1) is 25.7. The van der Waals surface area contributed by atoms with Gasteiger partial charge in [0.15, 0.2) is 0 Å². The number of aliphatic hydroxyl groups is 1. The largest absolute Gasteiger partial charge is 0.492 e. The van der Waals surface area contributed by atoms with E-state index in [1.165, 1.54) is 0 Å². The van der Waals surface area contributed by atoms with E-state index < -0.39 is 5.60 Å². The van der Waals surface area contributed by atoms with Gasteiger partial charge < -0.3 is 19.5 Å². The van der Waals surface area contributed by atoms with Gasteiger partial charge in [0.2, 0.25) is 5.91 Å². The van der Waals surface area contributed by atoms with Gasteiger partial charge in [-0.25, -0.2) is 0 Å². The number of aryl methyl sites for hydroxylation is 2. The fourth-order valence-electron chi connectivity index (χ4n) is 4.43. The predicted octanol–water partition coefficient (Wildman–Crippen LogP) is 3.05. The topological polar surface area (TPSA) is 80.1 Å². The number of nitrogens with zero attached hydrogens (tertiary/aromatic N) is 4. The van der Waals surface area contributed by atoms with Gasteiger partial charge in [0.1, 0.15) is 30.3 Å². The molecule has 1 aromatic heterocycles. The quantitative estimate of drug-likeness (QED) is 0.495. The maximum atomic E-state index is 12.2. The minimum Gasteiger partial charge on any atom is -0.492 e. The Labute approximate surface area is 213 Å². The third-order valence-electron chi connectivity index (χ3n) is 6.32. The normalized spacial score (nSPS) is 18.6. The molecule has 8 heteroatoms. The molecule has 1 aliphatic rings. The summed E-state index contributed by atoms with van der Waals surface area (Å²) in [6.45, 7) is 9.37. The molecular formula is C28H36N4O4. The van der Waals surface area contributed by atoms with Crippen molar-refractivity contribution in [1.82, 2.24) is 19.6 Å². The van der Waals surface area contributed by atoms with Gasteiger partial charge >= 0.3 is 0 Å². The molecule has 1 fully saturated rings. The second-order valence-corrected chi connectivity index (χ2v) is 9.75. The van der Waals surface area contributed by atoms with Crippen molar-refractivity contribution in [2.24, 2.45) is 0 Å². The average molecular weight is 493 g/mol. The van der Waals surface area contributed by atoms with Crippen LogP contribution in [0.1, 0.15) is 23.6 Å². The van der Waals surface area contributed by atoms with E-state index >= 15 is 0 Å². The standard InChI is InChI=1S/C28H36N4O4/c1-22-7-9-26(10-8-22)36-21-28(34)19-30(11-12-31(20-28)24(3)33)18-25-5-4-6-27(15-25)35-14-13-32-17-23(2)16-29-32/h4-10,15-17,34H,11-14,18-21H2,1-3H3/t28-/m1/s1. The maximum Gasteiger partial charge on any atom is 0.219 e. The van der Waals surface area contributed by atoms with Crippen LogP contribution in [0.15, 0.2) is 60.9 Å². The van der Waals surface area contributed by atoms with Crippen LogP contribution in [-0.4, -0.2) is 75.6 Å². The Kier molecular flexibility index (Phi) is 8.28. The monoisotopic (exact) mass is 492 g/mol. The highest BCUT2D eigenvalue weighted by atomic mass is 16.5. The summed E-state index contributed by atoms with van der Waals surface area (Å²) in [7, 11) is 0. The minimum atomic E-state index is -1.19. The third-order valence-corrected chi connectivity index (χ3v) is 6.32. The van der Waals surface area contributed by atoms with Gasteiger partial charge in [-0.2, -0.15) is 5.10 Å². The summed E-state index contributed by atoms with van der Waals surface area (Å²) in [6, 6.07) is 15.8. The van der Waals surface area contributed by atoms with Crippen molar-refractivity contribution in [1.29, 1.82) is 0 Å². The number of amides is 1. The molecule has 0 radical (unpaired) electrons. The zero-order chi connectivity index (χ0) is 25.5. The smallest absolute Gasteiger partial charge is 0.219 e. The number of hydrogen-bond donors (Lipinski definition) is 1. The number of hydrogen-bond acceptors (Lipinski definition) is 6. The molecule has 0 saturated carbocycles. The molecule has 0 unspecified atom stereocenters. The van der Waals surface area contributed by atoms with Crippen LogP contribution in [0, 0.1) is 13.8 Å². The van der Waals surface area contributed by atoms with Crippen molar-refractivity contribution in [3.8, 4) is 11.5 Å². The summed E-state index contributed by atoms with van der Waals surface area (Å²) >= 11 is 0. The lowest BCUT2D eigenvalue weighted by Gasteiger charge is -2.32. The first-order valence-electron chi connectivity index (χ1n) is 12.4. The lowest BCUT2D eigenvalue weighted by Crippen LogP contribution is -2.51. The molecule has 8 nitrogen and oxygen atoms in total. The van der Waals surface area contributed by atoms with Crippen molar-refractivity contribution in [2.45, 2.75) is 39.5 Å². The number of β-amino-alcohol motifs (C(OH)–C–C–N with tert-alkyl or cyclic N) is 1. The molecule has 192 valence electrons.